The average molecular weight is 237 g/mol. The summed E-state index contributed by atoms with van der Waals surface area (Å²) in [5.41, 5.74) is 0.653. The van der Waals surface area contributed by atoms with Crippen molar-refractivity contribution in [3.05, 3.63) is 0 Å². The smallest absolute Gasteiger partial charge is 0.00954 e. The van der Waals surface area contributed by atoms with Gasteiger partial charge in [0, 0.05) is 12.6 Å². The lowest BCUT2D eigenvalue weighted by atomic mass is 9.78. The lowest BCUT2D eigenvalue weighted by Gasteiger charge is -2.37. The molecule has 1 nitrogen and oxygen atoms in total. The second-order valence-electron chi connectivity index (χ2n) is 6.94. The van der Waals surface area contributed by atoms with E-state index in [1.54, 1.807) is 0 Å². The maximum Gasteiger partial charge on any atom is 0.00954 e. The van der Waals surface area contributed by atoms with E-state index < -0.39 is 0 Å². The minimum Gasteiger partial charge on any atom is -0.313 e. The largest absolute Gasteiger partial charge is 0.313 e. The lowest BCUT2D eigenvalue weighted by molar-refractivity contribution is 0.188. The summed E-state index contributed by atoms with van der Waals surface area (Å²) in [6.07, 6.45) is 11.5. The molecule has 0 heterocycles. The zero-order chi connectivity index (χ0) is 12.3. The lowest BCUT2D eigenvalue weighted by Crippen LogP contribution is -2.44. The van der Waals surface area contributed by atoms with E-state index in [0.29, 0.717) is 5.41 Å². The number of nitrogens with one attached hydrogen (secondary N) is 1. The summed E-state index contributed by atoms with van der Waals surface area (Å²) in [5, 5.41) is 3.94. The zero-order valence-electron chi connectivity index (χ0n) is 12.1. The fourth-order valence-electron chi connectivity index (χ4n) is 3.94. The Hall–Kier alpha value is -0.0400. The first-order valence-electron chi connectivity index (χ1n) is 7.88. The maximum absolute atomic E-state index is 3.94. The first-order chi connectivity index (χ1) is 8.15. The molecule has 2 rings (SSSR count). The quantitative estimate of drug-likeness (QED) is 0.765. The Morgan fingerprint density at radius 3 is 2.47 bits per heavy atom. The van der Waals surface area contributed by atoms with E-state index >= 15 is 0 Å². The molecule has 100 valence electrons. The molecular formula is C16H31N. The molecule has 0 aromatic carbocycles. The van der Waals surface area contributed by atoms with Crippen LogP contribution < -0.4 is 5.32 Å². The summed E-state index contributed by atoms with van der Waals surface area (Å²) < 4.78 is 0. The van der Waals surface area contributed by atoms with Gasteiger partial charge in [0.1, 0.15) is 0 Å². The van der Waals surface area contributed by atoms with E-state index in [1.165, 1.54) is 57.9 Å². The van der Waals surface area contributed by atoms with Crippen molar-refractivity contribution in [2.24, 2.45) is 17.3 Å². The van der Waals surface area contributed by atoms with E-state index in [1.807, 2.05) is 0 Å². The topological polar surface area (TPSA) is 12.0 Å². The molecule has 1 N–H and O–H groups in total. The van der Waals surface area contributed by atoms with Crippen molar-refractivity contribution in [1.82, 2.24) is 5.32 Å². The van der Waals surface area contributed by atoms with Gasteiger partial charge in [-0.25, -0.2) is 0 Å². The Balaban J connectivity index is 1.83. The van der Waals surface area contributed by atoms with Crippen molar-refractivity contribution < 1.29 is 0 Å². The van der Waals surface area contributed by atoms with Crippen molar-refractivity contribution >= 4 is 0 Å². The Labute approximate surface area is 108 Å². The summed E-state index contributed by atoms with van der Waals surface area (Å²) in [6, 6.07) is 0.794. The summed E-state index contributed by atoms with van der Waals surface area (Å²) >= 11 is 0. The van der Waals surface area contributed by atoms with E-state index in [2.05, 4.69) is 26.1 Å². The standard InChI is InChI=1S/C16H31N/c1-4-16(9-5-6-10-16)12-17-15-11-13(2)7-8-14(15)3/h13-15,17H,4-12H2,1-3H3. The average Bonchev–Trinajstić information content (AvgIpc) is 2.80. The fourth-order valence-corrected chi connectivity index (χ4v) is 3.94. The van der Waals surface area contributed by atoms with Gasteiger partial charge in [0.15, 0.2) is 0 Å². The molecule has 0 aromatic heterocycles. The molecule has 0 spiro atoms. The molecule has 0 aromatic rings. The molecule has 3 unspecified atom stereocenters. The molecular weight excluding hydrogens is 206 g/mol. The Morgan fingerprint density at radius 1 is 1.12 bits per heavy atom. The van der Waals surface area contributed by atoms with Gasteiger partial charge >= 0.3 is 0 Å². The highest BCUT2D eigenvalue weighted by Gasteiger charge is 2.33. The zero-order valence-corrected chi connectivity index (χ0v) is 12.1. The van der Waals surface area contributed by atoms with Crippen LogP contribution in [0.3, 0.4) is 0 Å². The number of rotatable bonds is 4. The van der Waals surface area contributed by atoms with Crippen LogP contribution >= 0.6 is 0 Å². The van der Waals surface area contributed by atoms with Crippen LogP contribution in [0.2, 0.25) is 0 Å². The van der Waals surface area contributed by atoms with Crippen LogP contribution in [-0.4, -0.2) is 12.6 Å². The minimum absolute atomic E-state index is 0.653. The summed E-state index contributed by atoms with van der Waals surface area (Å²) in [7, 11) is 0. The molecule has 0 bridgehead atoms. The number of hydrogen-bond acceptors (Lipinski definition) is 1. The minimum atomic E-state index is 0.653. The second-order valence-corrected chi connectivity index (χ2v) is 6.94. The van der Waals surface area contributed by atoms with Crippen LogP contribution in [0, 0.1) is 17.3 Å². The molecule has 17 heavy (non-hydrogen) atoms. The molecule has 3 atom stereocenters. The maximum atomic E-state index is 3.94. The van der Waals surface area contributed by atoms with Gasteiger partial charge in [-0.2, -0.15) is 0 Å². The molecule has 0 radical (unpaired) electrons. The second kappa shape index (κ2) is 5.73. The molecule has 0 amide bonds. The first-order valence-corrected chi connectivity index (χ1v) is 7.88. The van der Waals surface area contributed by atoms with E-state index in [4.69, 9.17) is 0 Å². The van der Waals surface area contributed by atoms with Gasteiger partial charge in [-0.15, -0.1) is 0 Å². The van der Waals surface area contributed by atoms with Crippen molar-refractivity contribution in [2.45, 2.75) is 78.2 Å². The van der Waals surface area contributed by atoms with Crippen molar-refractivity contribution in [3.63, 3.8) is 0 Å². The molecule has 0 saturated heterocycles. The van der Waals surface area contributed by atoms with Crippen LogP contribution in [0.5, 0.6) is 0 Å². The van der Waals surface area contributed by atoms with Gasteiger partial charge in [-0.3, -0.25) is 0 Å². The third-order valence-electron chi connectivity index (χ3n) is 5.61. The van der Waals surface area contributed by atoms with Crippen LogP contribution in [0.4, 0.5) is 0 Å². The molecule has 2 saturated carbocycles. The van der Waals surface area contributed by atoms with Crippen molar-refractivity contribution in [3.8, 4) is 0 Å². The SMILES string of the molecule is CCC1(CNC2CC(C)CCC2C)CCCC1. The summed E-state index contributed by atoms with van der Waals surface area (Å²) in [6.45, 7) is 8.54. The number of hydrogen-bond donors (Lipinski definition) is 1. The van der Waals surface area contributed by atoms with Gasteiger partial charge in [-0.05, 0) is 49.4 Å². The van der Waals surface area contributed by atoms with Crippen LogP contribution in [0.15, 0.2) is 0 Å². The first kappa shape index (κ1) is 13.4. The Bertz CT molecular complexity index is 230. The van der Waals surface area contributed by atoms with Crippen molar-refractivity contribution in [2.75, 3.05) is 6.54 Å². The molecule has 2 aliphatic carbocycles. The summed E-state index contributed by atoms with van der Waals surface area (Å²) in [5.74, 6) is 1.83. The van der Waals surface area contributed by atoms with Gasteiger partial charge in [0.05, 0.1) is 0 Å². The molecule has 1 heteroatoms. The molecule has 2 aliphatic rings. The predicted molar refractivity (Wildman–Crippen MR) is 75.2 cm³/mol. The van der Waals surface area contributed by atoms with Crippen LogP contribution in [-0.2, 0) is 0 Å². The highest BCUT2D eigenvalue weighted by atomic mass is 14.9. The van der Waals surface area contributed by atoms with Gasteiger partial charge in [0.25, 0.3) is 0 Å². The molecule has 0 aliphatic heterocycles. The third-order valence-corrected chi connectivity index (χ3v) is 5.61. The van der Waals surface area contributed by atoms with Crippen LogP contribution in [0.1, 0.15) is 72.1 Å². The fraction of sp³-hybridized carbons (Fsp3) is 1.00. The Kier molecular flexibility index (Phi) is 4.52. The van der Waals surface area contributed by atoms with Gasteiger partial charge < -0.3 is 5.32 Å². The van der Waals surface area contributed by atoms with E-state index in [0.717, 1.165) is 17.9 Å². The third kappa shape index (κ3) is 3.24. The Morgan fingerprint density at radius 2 is 1.82 bits per heavy atom. The van der Waals surface area contributed by atoms with Gasteiger partial charge in [0.2, 0.25) is 0 Å². The highest BCUT2D eigenvalue weighted by molar-refractivity contribution is 4.89. The van der Waals surface area contributed by atoms with Crippen LogP contribution in [0.25, 0.3) is 0 Å². The monoisotopic (exact) mass is 237 g/mol. The molecule has 2 fully saturated rings. The van der Waals surface area contributed by atoms with Gasteiger partial charge in [-0.1, -0.05) is 40.0 Å². The highest BCUT2D eigenvalue weighted by Crippen LogP contribution is 2.40. The van der Waals surface area contributed by atoms with E-state index in [9.17, 15) is 0 Å². The van der Waals surface area contributed by atoms with E-state index in [-0.39, 0.29) is 0 Å². The predicted octanol–water partition coefficient (Wildman–Crippen LogP) is 4.37. The summed E-state index contributed by atoms with van der Waals surface area (Å²) in [4.78, 5) is 0. The van der Waals surface area contributed by atoms with Crippen molar-refractivity contribution in [1.29, 1.82) is 0 Å². The normalized spacial score (nSPS) is 37.2.